The van der Waals surface area contributed by atoms with Gasteiger partial charge >= 0.3 is 5.97 Å². The molecule has 5 heteroatoms. The molecule has 0 fully saturated rings. The Morgan fingerprint density at radius 3 is 2.70 bits per heavy atom. The van der Waals surface area contributed by atoms with Gasteiger partial charge in [0.15, 0.2) is 0 Å². The highest BCUT2D eigenvalue weighted by Crippen LogP contribution is 2.08. The van der Waals surface area contributed by atoms with Crippen molar-refractivity contribution in [2.45, 2.75) is 32.2 Å². The number of rotatable bonds is 10. The summed E-state index contributed by atoms with van der Waals surface area (Å²) in [5, 5.41) is 12.1. The van der Waals surface area contributed by atoms with Gasteiger partial charge in [-0.3, -0.25) is 4.79 Å². The average Bonchev–Trinajstić information content (AvgIpc) is 2.40. The van der Waals surface area contributed by atoms with Crippen molar-refractivity contribution in [3.05, 3.63) is 35.6 Å². The molecule has 0 saturated carbocycles. The SMILES string of the molecule is CCOCCCNC(CC(=O)O)Cc1ccc(F)cc1. The Hall–Kier alpha value is -1.46. The molecule has 0 aromatic heterocycles. The first-order valence-electron chi connectivity index (χ1n) is 6.89. The fourth-order valence-electron chi connectivity index (χ4n) is 1.96. The van der Waals surface area contributed by atoms with E-state index in [1.165, 1.54) is 12.1 Å². The molecule has 0 amide bonds. The number of halogens is 1. The number of carbonyl (C=O) groups is 1. The maximum absolute atomic E-state index is 12.8. The maximum Gasteiger partial charge on any atom is 0.304 e. The monoisotopic (exact) mass is 283 g/mol. The molecule has 20 heavy (non-hydrogen) atoms. The summed E-state index contributed by atoms with van der Waals surface area (Å²) in [6.45, 7) is 4.00. The molecule has 0 bridgehead atoms. The predicted octanol–water partition coefficient (Wildman–Crippen LogP) is 2.23. The number of hydrogen-bond acceptors (Lipinski definition) is 3. The molecule has 0 saturated heterocycles. The van der Waals surface area contributed by atoms with E-state index in [0.29, 0.717) is 26.2 Å². The topological polar surface area (TPSA) is 58.6 Å². The number of carboxylic acid groups (broad SMARTS) is 1. The van der Waals surface area contributed by atoms with Gasteiger partial charge in [-0.25, -0.2) is 4.39 Å². The zero-order valence-corrected chi connectivity index (χ0v) is 11.8. The summed E-state index contributed by atoms with van der Waals surface area (Å²) in [6, 6.07) is 6.00. The summed E-state index contributed by atoms with van der Waals surface area (Å²) in [7, 11) is 0. The van der Waals surface area contributed by atoms with Gasteiger partial charge in [0, 0.05) is 19.3 Å². The van der Waals surface area contributed by atoms with Gasteiger partial charge in [0.25, 0.3) is 0 Å². The second kappa shape index (κ2) is 9.44. The Bertz CT molecular complexity index is 395. The molecule has 1 aromatic carbocycles. The van der Waals surface area contributed by atoms with Gasteiger partial charge in [0.1, 0.15) is 5.82 Å². The minimum absolute atomic E-state index is 0.0476. The van der Waals surface area contributed by atoms with Crippen molar-refractivity contribution < 1.29 is 19.0 Å². The van der Waals surface area contributed by atoms with E-state index in [1.807, 2.05) is 6.92 Å². The Balaban J connectivity index is 2.42. The van der Waals surface area contributed by atoms with Crippen molar-refractivity contribution >= 4 is 5.97 Å². The van der Waals surface area contributed by atoms with Crippen LogP contribution in [0.25, 0.3) is 0 Å². The van der Waals surface area contributed by atoms with Crippen molar-refractivity contribution in [2.24, 2.45) is 0 Å². The third-order valence-electron chi connectivity index (χ3n) is 2.92. The molecule has 1 atom stereocenters. The number of carboxylic acids is 1. The van der Waals surface area contributed by atoms with Crippen LogP contribution in [0.5, 0.6) is 0 Å². The first-order valence-corrected chi connectivity index (χ1v) is 6.89. The number of hydrogen-bond donors (Lipinski definition) is 2. The summed E-state index contributed by atoms with van der Waals surface area (Å²) >= 11 is 0. The number of nitrogens with one attached hydrogen (secondary N) is 1. The van der Waals surface area contributed by atoms with E-state index in [2.05, 4.69) is 5.32 Å². The van der Waals surface area contributed by atoms with Crippen LogP contribution in [0.4, 0.5) is 4.39 Å². The number of aliphatic carboxylic acids is 1. The third-order valence-corrected chi connectivity index (χ3v) is 2.92. The molecule has 4 nitrogen and oxygen atoms in total. The standard InChI is InChI=1S/C15H22FNO3/c1-2-20-9-3-8-17-14(11-15(18)19)10-12-4-6-13(16)7-5-12/h4-7,14,17H,2-3,8-11H2,1H3,(H,18,19). The lowest BCUT2D eigenvalue weighted by atomic mass is 10.0. The maximum atomic E-state index is 12.8. The van der Waals surface area contributed by atoms with Crippen LogP contribution < -0.4 is 5.32 Å². The number of benzene rings is 1. The van der Waals surface area contributed by atoms with Gasteiger partial charge in [-0.05, 0) is 44.0 Å². The summed E-state index contributed by atoms with van der Waals surface area (Å²) in [5.41, 5.74) is 0.926. The average molecular weight is 283 g/mol. The molecule has 0 aliphatic rings. The zero-order valence-electron chi connectivity index (χ0n) is 11.8. The van der Waals surface area contributed by atoms with Gasteiger partial charge < -0.3 is 15.2 Å². The van der Waals surface area contributed by atoms with Crippen molar-refractivity contribution in [1.82, 2.24) is 5.32 Å². The highest BCUT2D eigenvalue weighted by atomic mass is 19.1. The van der Waals surface area contributed by atoms with Gasteiger partial charge in [-0.1, -0.05) is 12.1 Å². The molecule has 0 aliphatic carbocycles. The largest absolute Gasteiger partial charge is 0.481 e. The third kappa shape index (κ3) is 7.21. The lowest BCUT2D eigenvalue weighted by molar-refractivity contribution is -0.137. The van der Waals surface area contributed by atoms with E-state index in [1.54, 1.807) is 12.1 Å². The van der Waals surface area contributed by atoms with E-state index in [-0.39, 0.29) is 18.3 Å². The summed E-state index contributed by atoms with van der Waals surface area (Å²) < 4.78 is 18.1. The first kappa shape index (κ1) is 16.6. The number of ether oxygens (including phenoxy) is 1. The van der Waals surface area contributed by atoms with Gasteiger partial charge in [-0.2, -0.15) is 0 Å². The van der Waals surface area contributed by atoms with Gasteiger partial charge in [0.05, 0.1) is 6.42 Å². The highest BCUT2D eigenvalue weighted by molar-refractivity contribution is 5.67. The van der Waals surface area contributed by atoms with E-state index >= 15 is 0 Å². The van der Waals surface area contributed by atoms with Crippen LogP contribution in [0.3, 0.4) is 0 Å². The van der Waals surface area contributed by atoms with E-state index in [4.69, 9.17) is 9.84 Å². The molecule has 2 N–H and O–H groups in total. The Morgan fingerprint density at radius 2 is 2.10 bits per heavy atom. The lowest BCUT2D eigenvalue weighted by Crippen LogP contribution is -2.34. The van der Waals surface area contributed by atoms with Crippen LogP contribution in [-0.2, 0) is 16.0 Å². The second-order valence-electron chi connectivity index (χ2n) is 4.63. The lowest BCUT2D eigenvalue weighted by Gasteiger charge is -2.17. The first-order chi connectivity index (χ1) is 9.61. The summed E-state index contributed by atoms with van der Waals surface area (Å²) in [5.74, 6) is -1.12. The quantitative estimate of drug-likeness (QED) is 0.647. The molecular weight excluding hydrogens is 261 g/mol. The second-order valence-corrected chi connectivity index (χ2v) is 4.63. The summed E-state index contributed by atoms with van der Waals surface area (Å²) in [6.07, 6.45) is 1.46. The van der Waals surface area contributed by atoms with Gasteiger partial charge in [0.2, 0.25) is 0 Å². The van der Waals surface area contributed by atoms with Crippen LogP contribution >= 0.6 is 0 Å². The molecule has 1 unspecified atom stereocenters. The van der Waals surface area contributed by atoms with Crippen LogP contribution in [0.2, 0.25) is 0 Å². The molecule has 1 aromatic rings. The highest BCUT2D eigenvalue weighted by Gasteiger charge is 2.13. The fourth-order valence-corrected chi connectivity index (χ4v) is 1.96. The molecule has 1 rings (SSSR count). The predicted molar refractivity (Wildman–Crippen MR) is 75.3 cm³/mol. The van der Waals surface area contributed by atoms with E-state index in [0.717, 1.165) is 12.0 Å². The van der Waals surface area contributed by atoms with Crippen molar-refractivity contribution in [2.75, 3.05) is 19.8 Å². The molecule has 0 aliphatic heterocycles. The molecule has 112 valence electrons. The minimum Gasteiger partial charge on any atom is -0.481 e. The molecule has 0 heterocycles. The Kier molecular flexibility index (Phi) is 7.84. The summed E-state index contributed by atoms with van der Waals surface area (Å²) in [4.78, 5) is 10.9. The van der Waals surface area contributed by atoms with Crippen molar-refractivity contribution in [1.29, 1.82) is 0 Å². The minimum atomic E-state index is -0.839. The molecule has 0 spiro atoms. The van der Waals surface area contributed by atoms with Crippen LogP contribution in [0, 0.1) is 5.82 Å². The molecular formula is C15H22FNO3. The van der Waals surface area contributed by atoms with Crippen molar-refractivity contribution in [3.63, 3.8) is 0 Å². The zero-order chi connectivity index (χ0) is 14.8. The van der Waals surface area contributed by atoms with E-state index < -0.39 is 5.97 Å². The Labute approximate surface area is 119 Å². The normalized spacial score (nSPS) is 12.3. The van der Waals surface area contributed by atoms with Gasteiger partial charge in [-0.15, -0.1) is 0 Å². The Morgan fingerprint density at radius 1 is 1.40 bits per heavy atom. The van der Waals surface area contributed by atoms with E-state index in [9.17, 15) is 9.18 Å². The van der Waals surface area contributed by atoms with Crippen LogP contribution in [0.15, 0.2) is 24.3 Å². The smallest absolute Gasteiger partial charge is 0.304 e. The fraction of sp³-hybridized carbons (Fsp3) is 0.533. The van der Waals surface area contributed by atoms with Crippen LogP contribution in [0.1, 0.15) is 25.3 Å². The molecule has 0 radical (unpaired) electrons. The van der Waals surface area contributed by atoms with Crippen LogP contribution in [-0.4, -0.2) is 36.9 Å². The van der Waals surface area contributed by atoms with Crippen molar-refractivity contribution in [3.8, 4) is 0 Å².